The van der Waals surface area contributed by atoms with Crippen LogP contribution in [-0.2, 0) is 0 Å². The molecule has 0 aliphatic heterocycles. The fraction of sp³-hybridized carbons (Fsp3) is 0.100. The van der Waals surface area contributed by atoms with E-state index >= 15 is 0 Å². The lowest BCUT2D eigenvalue weighted by Gasteiger charge is -2.05. The highest BCUT2D eigenvalue weighted by atomic mass is 19.1. The molecule has 0 bridgehead atoms. The number of aromatic nitrogens is 1. The maximum absolute atomic E-state index is 13.4. The zero-order valence-corrected chi connectivity index (χ0v) is 8.71. The van der Waals surface area contributed by atoms with E-state index in [0.717, 1.165) is 12.1 Å². The predicted molar refractivity (Wildman–Crippen MR) is 55.1 cm³/mol. The first-order valence-electron chi connectivity index (χ1n) is 4.54. The molecule has 6 nitrogen and oxygen atoms in total. The number of oxazole rings is 1. The molecule has 7 heteroatoms. The minimum atomic E-state index is -0.956. The van der Waals surface area contributed by atoms with Crippen molar-refractivity contribution >= 4 is 5.69 Å². The van der Waals surface area contributed by atoms with Gasteiger partial charge in [-0.05, 0) is 6.07 Å². The van der Waals surface area contributed by atoms with E-state index < -0.39 is 16.4 Å². The van der Waals surface area contributed by atoms with Crippen molar-refractivity contribution in [3.63, 3.8) is 0 Å². The largest absolute Gasteiger partial charge is 0.496 e. The van der Waals surface area contributed by atoms with Crippen LogP contribution in [0.1, 0.15) is 0 Å². The van der Waals surface area contributed by atoms with Gasteiger partial charge in [-0.1, -0.05) is 0 Å². The highest BCUT2D eigenvalue weighted by Gasteiger charge is 2.20. The van der Waals surface area contributed by atoms with Crippen molar-refractivity contribution in [3.8, 4) is 17.1 Å². The van der Waals surface area contributed by atoms with E-state index in [9.17, 15) is 14.5 Å². The summed E-state index contributed by atoms with van der Waals surface area (Å²) in [7, 11) is 1.33. The maximum Gasteiger partial charge on any atom is 0.308 e. The number of benzene rings is 1. The predicted octanol–water partition coefficient (Wildman–Crippen LogP) is 2.40. The Morgan fingerprint density at radius 1 is 1.53 bits per heavy atom. The Hall–Kier alpha value is -2.44. The Bertz CT molecular complexity index is 554. The summed E-state index contributed by atoms with van der Waals surface area (Å²) in [6, 6.07) is 1.99. The SMILES string of the molecule is COc1cc([N+](=O)[O-])c(F)cc1-c1cnco1. The number of nitro benzene ring substituents is 1. The van der Waals surface area contributed by atoms with Gasteiger partial charge in [-0.2, -0.15) is 4.39 Å². The minimum Gasteiger partial charge on any atom is -0.496 e. The molecule has 0 saturated carbocycles. The van der Waals surface area contributed by atoms with E-state index in [1.807, 2.05) is 0 Å². The molecule has 0 spiro atoms. The van der Waals surface area contributed by atoms with E-state index in [1.54, 1.807) is 0 Å². The molecule has 0 aliphatic carbocycles. The summed E-state index contributed by atoms with van der Waals surface area (Å²) in [6.07, 6.45) is 2.54. The van der Waals surface area contributed by atoms with Crippen LogP contribution in [0.2, 0.25) is 0 Å². The highest BCUT2D eigenvalue weighted by Crippen LogP contribution is 2.34. The van der Waals surface area contributed by atoms with Gasteiger partial charge in [0.2, 0.25) is 5.82 Å². The van der Waals surface area contributed by atoms with Crippen LogP contribution in [0.25, 0.3) is 11.3 Å². The third-order valence-electron chi connectivity index (χ3n) is 2.16. The second-order valence-corrected chi connectivity index (χ2v) is 3.13. The molecule has 0 radical (unpaired) electrons. The van der Waals surface area contributed by atoms with E-state index in [4.69, 9.17) is 9.15 Å². The third-order valence-corrected chi connectivity index (χ3v) is 2.16. The second-order valence-electron chi connectivity index (χ2n) is 3.13. The van der Waals surface area contributed by atoms with Crippen molar-refractivity contribution in [1.29, 1.82) is 0 Å². The van der Waals surface area contributed by atoms with Gasteiger partial charge >= 0.3 is 5.69 Å². The second kappa shape index (κ2) is 4.20. The number of hydrogen-bond acceptors (Lipinski definition) is 5. The average Bonchev–Trinajstić information content (AvgIpc) is 2.81. The van der Waals surface area contributed by atoms with Crippen molar-refractivity contribution in [1.82, 2.24) is 4.98 Å². The zero-order chi connectivity index (χ0) is 12.4. The van der Waals surface area contributed by atoms with Gasteiger partial charge < -0.3 is 9.15 Å². The fourth-order valence-electron chi connectivity index (χ4n) is 1.39. The zero-order valence-electron chi connectivity index (χ0n) is 8.71. The Labute approximate surface area is 94.8 Å². The molecule has 0 saturated heterocycles. The summed E-state index contributed by atoms with van der Waals surface area (Å²) in [5, 5.41) is 10.6. The molecule has 0 N–H and O–H groups in total. The molecule has 0 fully saturated rings. The van der Waals surface area contributed by atoms with Gasteiger partial charge in [-0.15, -0.1) is 0 Å². The summed E-state index contributed by atoms with van der Waals surface area (Å²) in [5.41, 5.74) is -0.377. The normalized spacial score (nSPS) is 10.2. The van der Waals surface area contributed by atoms with E-state index in [0.29, 0.717) is 0 Å². The Balaban J connectivity index is 2.61. The molecule has 0 atom stereocenters. The molecule has 0 amide bonds. The van der Waals surface area contributed by atoms with Gasteiger partial charge in [0.25, 0.3) is 0 Å². The molecule has 88 valence electrons. The van der Waals surface area contributed by atoms with Gasteiger partial charge in [0.15, 0.2) is 12.2 Å². The van der Waals surface area contributed by atoms with Crippen LogP contribution in [0.15, 0.2) is 29.1 Å². The van der Waals surface area contributed by atoms with Crippen LogP contribution >= 0.6 is 0 Å². The minimum absolute atomic E-state index is 0.148. The molecule has 2 aromatic rings. The first kappa shape index (κ1) is 11.1. The lowest BCUT2D eigenvalue weighted by Crippen LogP contribution is -1.96. The first-order valence-corrected chi connectivity index (χ1v) is 4.54. The number of ether oxygens (including phenoxy) is 1. The molecule has 0 unspecified atom stereocenters. The number of methoxy groups -OCH3 is 1. The molecule has 1 heterocycles. The average molecular weight is 238 g/mol. The number of nitro groups is 1. The van der Waals surface area contributed by atoms with Crippen molar-refractivity contribution in [2.45, 2.75) is 0 Å². The summed E-state index contributed by atoms with van der Waals surface area (Å²) in [5.74, 6) is -0.535. The van der Waals surface area contributed by atoms with Gasteiger partial charge in [0.1, 0.15) is 5.75 Å². The van der Waals surface area contributed by atoms with Crippen molar-refractivity contribution < 1.29 is 18.5 Å². The molecule has 1 aromatic heterocycles. The molecule has 17 heavy (non-hydrogen) atoms. The monoisotopic (exact) mass is 238 g/mol. The summed E-state index contributed by atoms with van der Waals surface area (Å²) >= 11 is 0. The van der Waals surface area contributed by atoms with Crippen LogP contribution in [0, 0.1) is 15.9 Å². The quantitative estimate of drug-likeness (QED) is 0.606. The topological polar surface area (TPSA) is 78.4 Å². The van der Waals surface area contributed by atoms with E-state index in [-0.39, 0.29) is 17.1 Å². The van der Waals surface area contributed by atoms with Crippen LogP contribution in [0.3, 0.4) is 0 Å². The maximum atomic E-state index is 13.4. The fourth-order valence-corrected chi connectivity index (χ4v) is 1.39. The third kappa shape index (κ3) is 1.94. The van der Waals surface area contributed by atoms with Crippen molar-refractivity contribution in [2.24, 2.45) is 0 Å². The first-order chi connectivity index (χ1) is 8.13. The molecule has 0 aliphatic rings. The lowest BCUT2D eigenvalue weighted by atomic mass is 10.1. The van der Waals surface area contributed by atoms with Crippen LogP contribution in [0.5, 0.6) is 5.75 Å². The van der Waals surface area contributed by atoms with Gasteiger partial charge in [-0.25, -0.2) is 4.98 Å². The summed E-state index contributed by atoms with van der Waals surface area (Å²) in [4.78, 5) is 13.4. The molecule has 2 rings (SSSR count). The standard InChI is InChI=1S/C10H7FN2O4/c1-16-9-3-8(13(14)15)7(11)2-6(9)10-4-12-5-17-10/h2-5H,1H3. The number of nitrogens with zero attached hydrogens (tertiary/aromatic N) is 2. The Morgan fingerprint density at radius 3 is 2.82 bits per heavy atom. The molecular weight excluding hydrogens is 231 g/mol. The van der Waals surface area contributed by atoms with Crippen molar-refractivity contribution in [3.05, 3.63) is 40.7 Å². The van der Waals surface area contributed by atoms with Crippen LogP contribution in [0.4, 0.5) is 10.1 Å². The Kier molecular flexibility index (Phi) is 2.73. The highest BCUT2D eigenvalue weighted by molar-refractivity contribution is 5.67. The Morgan fingerprint density at radius 2 is 2.29 bits per heavy atom. The van der Waals surface area contributed by atoms with Crippen molar-refractivity contribution in [2.75, 3.05) is 7.11 Å². The molecular formula is C10H7FN2O4. The van der Waals surface area contributed by atoms with Gasteiger partial charge in [0.05, 0.1) is 29.9 Å². The summed E-state index contributed by atoms with van der Waals surface area (Å²) in [6.45, 7) is 0. The van der Waals surface area contributed by atoms with Gasteiger partial charge in [-0.3, -0.25) is 10.1 Å². The molecule has 1 aromatic carbocycles. The van der Waals surface area contributed by atoms with E-state index in [2.05, 4.69) is 4.98 Å². The lowest BCUT2D eigenvalue weighted by molar-refractivity contribution is -0.387. The van der Waals surface area contributed by atoms with E-state index in [1.165, 1.54) is 19.7 Å². The van der Waals surface area contributed by atoms with Gasteiger partial charge in [0, 0.05) is 0 Å². The van der Waals surface area contributed by atoms with Crippen LogP contribution < -0.4 is 4.74 Å². The van der Waals surface area contributed by atoms with Crippen LogP contribution in [-0.4, -0.2) is 17.0 Å². The smallest absolute Gasteiger partial charge is 0.308 e. The number of rotatable bonds is 3. The summed E-state index contributed by atoms with van der Waals surface area (Å²) < 4.78 is 23.4. The number of halogens is 1. The number of hydrogen-bond donors (Lipinski definition) is 0.